The van der Waals surface area contributed by atoms with E-state index >= 15 is 0 Å². The van der Waals surface area contributed by atoms with Gasteiger partial charge in [0.15, 0.2) is 0 Å². The summed E-state index contributed by atoms with van der Waals surface area (Å²) < 4.78 is 10.4. The standard InChI is InChI=1S/C30H23N3O6/c34-27-11-5-4-9-23(27)19-26(32-29(36)22-7-2-1-3-8-22)30(37)33-31-20-21-12-14-25(15-13-21)39-28(35)17-16-24-10-6-18-38-24/h1-20,34H,(H,32,36)(H,33,37)/b17-16-,26-19-,31-20+. The van der Waals surface area contributed by atoms with Crippen molar-refractivity contribution in [3.05, 3.63) is 131 Å². The van der Waals surface area contributed by atoms with E-state index in [2.05, 4.69) is 15.8 Å². The lowest BCUT2D eigenvalue weighted by Crippen LogP contribution is -2.32. The van der Waals surface area contributed by atoms with E-state index in [1.807, 2.05) is 0 Å². The van der Waals surface area contributed by atoms with Crippen molar-refractivity contribution < 1.29 is 28.6 Å². The Kier molecular flexibility index (Phi) is 8.80. The molecule has 1 heterocycles. The molecule has 0 saturated carbocycles. The van der Waals surface area contributed by atoms with Gasteiger partial charge >= 0.3 is 5.97 Å². The van der Waals surface area contributed by atoms with Gasteiger partial charge in [-0.2, -0.15) is 5.10 Å². The summed E-state index contributed by atoms with van der Waals surface area (Å²) in [6.45, 7) is 0. The average molecular weight is 522 g/mol. The number of esters is 1. The van der Waals surface area contributed by atoms with Crippen LogP contribution in [-0.4, -0.2) is 29.1 Å². The molecule has 2 amide bonds. The Bertz CT molecular complexity index is 1520. The Hall–Kier alpha value is -5.70. The van der Waals surface area contributed by atoms with Crippen molar-refractivity contribution in [3.63, 3.8) is 0 Å². The van der Waals surface area contributed by atoms with Crippen LogP contribution in [0.15, 0.2) is 119 Å². The highest BCUT2D eigenvalue weighted by atomic mass is 16.5. The maximum absolute atomic E-state index is 12.9. The van der Waals surface area contributed by atoms with Gasteiger partial charge in [-0.3, -0.25) is 9.59 Å². The zero-order valence-corrected chi connectivity index (χ0v) is 20.5. The summed E-state index contributed by atoms with van der Waals surface area (Å²) in [6.07, 6.45) is 6.98. The quantitative estimate of drug-likeness (QED) is 0.0976. The number of para-hydroxylation sites is 1. The molecule has 0 spiro atoms. The van der Waals surface area contributed by atoms with Crippen LogP contribution in [-0.2, 0) is 9.59 Å². The molecular formula is C30H23N3O6. The van der Waals surface area contributed by atoms with Gasteiger partial charge in [0.2, 0.25) is 0 Å². The molecule has 0 aliphatic rings. The van der Waals surface area contributed by atoms with Crippen LogP contribution < -0.4 is 15.5 Å². The van der Waals surface area contributed by atoms with Crippen LogP contribution >= 0.6 is 0 Å². The molecule has 0 atom stereocenters. The van der Waals surface area contributed by atoms with E-state index in [0.717, 1.165) is 0 Å². The van der Waals surface area contributed by atoms with E-state index < -0.39 is 17.8 Å². The summed E-state index contributed by atoms with van der Waals surface area (Å²) >= 11 is 0. The zero-order valence-electron chi connectivity index (χ0n) is 20.5. The molecule has 3 N–H and O–H groups in total. The summed E-state index contributed by atoms with van der Waals surface area (Å²) in [7, 11) is 0. The van der Waals surface area contributed by atoms with Gasteiger partial charge in [0.05, 0.1) is 12.5 Å². The number of amides is 2. The number of hydrogen-bond acceptors (Lipinski definition) is 7. The van der Waals surface area contributed by atoms with Gasteiger partial charge in [-0.25, -0.2) is 10.2 Å². The first-order chi connectivity index (χ1) is 19.0. The van der Waals surface area contributed by atoms with E-state index in [1.165, 1.54) is 36.8 Å². The van der Waals surface area contributed by atoms with Crippen molar-refractivity contribution in [2.24, 2.45) is 5.10 Å². The molecule has 0 unspecified atom stereocenters. The van der Waals surface area contributed by atoms with Crippen molar-refractivity contribution in [2.45, 2.75) is 0 Å². The van der Waals surface area contributed by atoms with E-state index in [4.69, 9.17) is 9.15 Å². The molecule has 0 saturated heterocycles. The Morgan fingerprint density at radius 3 is 2.33 bits per heavy atom. The third kappa shape index (κ3) is 7.89. The molecule has 0 bridgehead atoms. The summed E-state index contributed by atoms with van der Waals surface area (Å²) in [4.78, 5) is 37.5. The largest absolute Gasteiger partial charge is 0.507 e. The molecule has 1 aromatic heterocycles. The van der Waals surface area contributed by atoms with Crippen LogP contribution in [0.3, 0.4) is 0 Å². The van der Waals surface area contributed by atoms with E-state index in [-0.39, 0.29) is 11.4 Å². The second kappa shape index (κ2) is 13.0. The molecule has 3 aromatic carbocycles. The molecule has 0 fully saturated rings. The number of hydrogen-bond donors (Lipinski definition) is 3. The molecule has 194 valence electrons. The van der Waals surface area contributed by atoms with Gasteiger partial charge in [-0.1, -0.05) is 36.4 Å². The Labute approximate surface area is 223 Å². The molecule has 4 aromatic rings. The molecule has 0 aliphatic carbocycles. The number of ether oxygens (including phenoxy) is 1. The first-order valence-corrected chi connectivity index (χ1v) is 11.7. The minimum Gasteiger partial charge on any atom is -0.507 e. The van der Waals surface area contributed by atoms with E-state index in [9.17, 15) is 19.5 Å². The van der Waals surface area contributed by atoms with Gasteiger partial charge in [-0.15, -0.1) is 0 Å². The highest BCUT2D eigenvalue weighted by molar-refractivity contribution is 6.05. The normalized spacial score (nSPS) is 11.4. The van der Waals surface area contributed by atoms with Gasteiger partial charge in [0, 0.05) is 17.2 Å². The van der Waals surface area contributed by atoms with E-state index in [1.54, 1.807) is 84.9 Å². The smallest absolute Gasteiger partial charge is 0.336 e. The van der Waals surface area contributed by atoms with Crippen LogP contribution in [0.4, 0.5) is 0 Å². The second-order valence-electron chi connectivity index (χ2n) is 7.97. The number of nitrogens with zero attached hydrogens (tertiary/aromatic N) is 1. The maximum atomic E-state index is 12.9. The fraction of sp³-hybridized carbons (Fsp3) is 0. The SMILES string of the molecule is O=C(/C=C\c1ccco1)Oc1ccc(/C=N/NC(=O)/C(=C/c2ccccc2O)NC(=O)c2ccccc2)cc1. The van der Waals surface area contributed by atoms with Crippen LogP contribution in [0.1, 0.15) is 27.2 Å². The number of furan rings is 1. The fourth-order valence-corrected chi connectivity index (χ4v) is 3.24. The van der Waals surface area contributed by atoms with Gasteiger partial charge in [-0.05, 0) is 72.3 Å². The topological polar surface area (TPSA) is 130 Å². The number of nitrogens with one attached hydrogen (secondary N) is 2. The predicted octanol–water partition coefficient (Wildman–Crippen LogP) is 4.53. The summed E-state index contributed by atoms with van der Waals surface area (Å²) in [5.74, 6) is -0.979. The van der Waals surface area contributed by atoms with Crippen molar-refractivity contribution in [1.82, 2.24) is 10.7 Å². The van der Waals surface area contributed by atoms with Crippen molar-refractivity contribution in [3.8, 4) is 11.5 Å². The maximum Gasteiger partial charge on any atom is 0.336 e. The molecule has 0 aliphatic heterocycles. The number of hydrazone groups is 1. The van der Waals surface area contributed by atoms with Crippen LogP contribution in [0.5, 0.6) is 11.5 Å². The Morgan fingerprint density at radius 1 is 0.872 bits per heavy atom. The minimum absolute atomic E-state index is 0.0579. The number of benzene rings is 3. The van der Waals surface area contributed by atoms with E-state index in [0.29, 0.717) is 28.2 Å². The number of phenolic OH excluding ortho intramolecular Hbond substituents is 1. The predicted molar refractivity (Wildman–Crippen MR) is 146 cm³/mol. The number of rotatable bonds is 9. The lowest BCUT2D eigenvalue weighted by molar-refractivity contribution is -0.129. The van der Waals surface area contributed by atoms with Crippen LogP contribution in [0, 0.1) is 0 Å². The van der Waals surface area contributed by atoms with Gasteiger partial charge in [0.1, 0.15) is 23.0 Å². The van der Waals surface area contributed by atoms with Gasteiger partial charge in [0.25, 0.3) is 11.8 Å². The van der Waals surface area contributed by atoms with Crippen molar-refractivity contribution in [1.29, 1.82) is 0 Å². The van der Waals surface area contributed by atoms with Gasteiger partial charge < -0.3 is 19.6 Å². The Balaban J connectivity index is 1.40. The third-order valence-corrected chi connectivity index (χ3v) is 5.17. The summed E-state index contributed by atoms with van der Waals surface area (Å²) in [6, 6.07) is 24.6. The molecule has 4 rings (SSSR count). The van der Waals surface area contributed by atoms with Crippen molar-refractivity contribution >= 4 is 36.2 Å². The zero-order chi connectivity index (χ0) is 27.5. The number of phenols is 1. The first kappa shape index (κ1) is 26.4. The molecular weight excluding hydrogens is 498 g/mol. The van der Waals surface area contributed by atoms with Crippen LogP contribution in [0.25, 0.3) is 12.2 Å². The molecule has 9 heteroatoms. The highest BCUT2D eigenvalue weighted by Crippen LogP contribution is 2.19. The highest BCUT2D eigenvalue weighted by Gasteiger charge is 2.15. The number of aromatic hydroxyl groups is 1. The minimum atomic E-state index is -0.701. The second-order valence-corrected chi connectivity index (χ2v) is 7.97. The van der Waals surface area contributed by atoms with Crippen molar-refractivity contribution in [2.75, 3.05) is 0 Å². The first-order valence-electron chi connectivity index (χ1n) is 11.7. The number of carbonyl (C=O) groups excluding carboxylic acids is 3. The summed E-state index contributed by atoms with van der Waals surface area (Å²) in [5.41, 5.74) is 3.55. The Morgan fingerprint density at radius 2 is 1.62 bits per heavy atom. The summed E-state index contributed by atoms with van der Waals surface area (Å²) in [5, 5.41) is 16.6. The average Bonchev–Trinajstić information content (AvgIpc) is 3.48. The number of carbonyl (C=O) groups is 3. The lowest BCUT2D eigenvalue weighted by atomic mass is 10.1. The molecule has 9 nitrogen and oxygen atoms in total. The molecule has 0 radical (unpaired) electrons. The monoisotopic (exact) mass is 521 g/mol. The fourth-order valence-electron chi connectivity index (χ4n) is 3.24. The third-order valence-electron chi connectivity index (χ3n) is 5.17. The molecule has 39 heavy (non-hydrogen) atoms. The lowest BCUT2D eigenvalue weighted by Gasteiger charge is -2.09. The van der Waals surface area contributed by atoms with Crippen LogP contribution in [0.2, 0.25) is 0 Å².